The SMILES string of the molecule is Cc1cc(=O)oc2cc(OC(C)C(=O)Nc3cc(C(F)(F)F)ccc3N3CCOCC3)ccc12. The first kappa shape index (κ1) is 23.6. The molecule has 1 aromatic heterocycles. The van der Waals surface area contributed by atoms with Crippen molar-refractivity contribution in [3.05, 3.63) is 64.0 Å². The zero-order chi connectivity index (χ0) is 24.5. The highest BCUT2D eigenvalue weighted by Gasteiger charge is 2.32. The highest BCUT2D eigenvalue weighted by molar-refractivity contribution is 5.97. The molecule has 0 radical (unpaired) electrons. The van der Waals surface area contributed by atoms with Gasteiger partial charge in [0.25, 0.3) is 5.91 Å². The molecule has 3 aromatic rings. The summed E-state index contributed by atoms with van der Waals surface area (Å²) in [6, 6.07) is 9.47. The molecular formula is C24H23F3N2O5. The van der Waals surface area contributed by atoms with Crippen LogP contribution in [0.2, 0.25) is 0 Å². The van der Waals surface area contributed by atoms with Crippen LogP contribution in [0.15, 0.2) is 51.7 Å². The van der Waals surface area contributed by atoms with Crippen LogP contribution in [0.5, 0.6) is 5.75 Å². The van der Waals surface area contributed by atoms with Crippen molar-refractivity contribution < 1.29 is 31.9 Å². The number of nitrogens with zero attached hydrogens (tertiary/aromatic N) is 1. The van der Waals surface area contributed by atoms with Crippen LogP contribution in [0.25, 0.3) is 11.0 Å². The standard InChI is InChI=1S/C24H23F3N2O5/c1-14-11-22(30)34-21-13-17(4-5-18(14)21)33-15(2)23(31)28-19-12-16(24(25,26)27)3-6-20(19)29-7-9-32-10-8-29/h3-6,11-13,15H,7-10H2,1-2H3,(H,28,31). The van der Waals surface area contributed by atoms with E-state index in [1.54, 1.807) is 19.1 Å². The number of hydrogen-bond acceptors (Lipinski definition) is 6. The van der Waals surface area contributed by atoms with Gasteiger partial charge in [-0.3, -0.25) is 4.79 Å². The van der Waals surface area contributed by atoms with Crippen LogP contribution in [-0.2, 0) is 15.7 Å². The van der Waals surface area contributed by atoms with Crippen LogP contribution in [0.3, 0.4) is 0 Å². The molecule has 0 bridgehead atoms. The Balaban J connectivity index is 1.56. The number of morpholine rings is 1. The maximum Gasteiger partial charge on any atom is 0.416 e. The van der Waals surface area contributed by atoms with Gasteiger partial charge < -0.3 is 24.1 Å². The molecule has 180 valence electrons. The number of alkyl halides is 3. The van der Waals surface area contributed by atoms with Crippen molar-refractivity contribution in [2.75, 3.05) is 36.5 Å². The Morgan fingerprint density at radius 2 is 1.85 bits per heavy atom. The fourth-order valence-electron chi connectivity index (χ4n) is 3.76. The molecule has 7 nitrogen and oxygen atoms in total. The highest BCUT2D eigenvalue weighted by Crippen LogP contribution is 2.36. The molecule has 1 amide bonds. The molecule has 4 rings (SSSR count). The van der Waals surface area contributed by atoms with Crippen molar-refractivity contribution in [1.29, 1.82) is 0 Å². The highest BCUT2D eigenvalue weighted by atomic mass is 19.4. The minimum Gasteiger partial charge on any atom is -0.481 e. The lowest BCUT2D eigenvalue weighted by Crippen LogP contribution is -2.37. The normalized spacial score (nSPS) is 15.3. The number of ether oxygens (including phenoxy) is 2. The molecule has 10 heteroatoms. The van der Waals surface area contributed by atoms with Gasteiger partial charge in [-0.1, -0.05) is 0 Å². The molecule has 34 heavy (non-hydrogen) atoms. The average molecular weight is 476 g/mol. The largest absolute Gasteiger partial charge is 0.481 e. The summed E-state index contributed by atoms with van der Waals surface area (Å²) in [7, 11) is 0. The van der Waals surface area contributed by atoms with Crippen molar-refractivity contribution in [1.82, 2.24) is 0 Å². The summed E-state index contributed by atoms with van der Waals surface area (Å²) in [6.45, 7) is 5.10. The van der Waals surface area contributed by atoms with Crippen molar-refractivity contribution in [2.45, 2.75) is 26.1 Å². The number of rotatable bonds is 5. The molecule has 1 aliphatic heterocycles. The van der Waals surface area contributed by atoms with Crippen molar-refractivity contribution in [2.24, 2.45) is 0 Å². The van der Waals surface area contributed by atoms with E-state index >= 15 is 0 Å². The molecule has 1 N–H and O–H groups in total. The summed E-state index contributed by atoms with van der Waals surface area (Å²) in [5.74, 6) is -0.346. The molecule has 2 aromatic carbocycles. The third kappa shape index (κ3) is 5.17. The lowest BCUT2D eigenvalue weighted by atomic mass is 10.1. The van der Waals surface area contributed by atoms with Crippen LogP contribution < -0.4 is 20.6 Å². The molecule has 1 saturated heterocycles. The van der Waals surface area contributed by atoms with Gasteiger partial charge in [0, 0.05) is 30.6 Å². The fourth-order valence-corrected chi connectivity index (χ4v) is 3.76. The maximum atomic E-state index is 13.3. The van der Waals surface area contributed by atoms with Gasteiger partial charge in [-0.05, 0) is 49.7 Å². The lowest BCUT2D eigenvalue weighted by molar-refractivity contribution is -0.137. The molecule has 1 fully saturated rings. The Morgan fingerprint density at radius 1 is 1.12 bits per heavy atom. The quantitative estimate of drug-likeness (QED) is 0.551. The minimum atomic E-state index is -4.56. The molecule has 1 aliphatic rings. The predicted octanol–water partition coefficient (Wildman–Crippen LogP) is 4.36. The summed E-state index contributed by atoms with van der Waals surface area (Å²) in [4.78, 5) is 26.4. The number of aryl methyl sites for hydroxylation is 1. The van der Waals surface area contributed by atoms with Crippen LogP contribution in [-0.4, -0.2) is 38.3 Å². The summed E-state index contributed by atoms with van der Waals surface area (Å²) < 4.78 is 56.1. The molecular weight excluding hydrogens is 453 g/mol. The fraction of sp³-hybridized carbons (Fsp3) is 0.333. The Bertz CT molecular complexity index is 1270. The number of anilines is 2. The topological polar surface area (TPSA) is 81.0 Å². The van der Waals surface area contributed by atoms with Gasteiger partial charge in [-0.25, -0.2) is 4.79 Å². The van der Waals surface area contributed by atoms with Crippen LogP contribution in [0.4, 0.5) is 24.5 Å². The van der Waals surface area contributed by atoms with E-state index in [4.69, 9.17) is 13.9 Å². The second-order valence-corrected chi connectivity index (χ2v) is 7.98. The molecule has 1 atom stereocenters. The van der Waals surface area contributed by atoms with Crippen LogP contribution in [0.1, 0.15) is 18.1 Å². The number of amides is 1. The van der Waals surface area contributed by atoms with Gasteiger partial charge >= 0.3 is 11.8 Å². The Kier molecular flexibility index (Phi) is 6.52. The summed E-state index contributed by atoms with van der Waals surface area (Å²) in [6.07, 6.45) is -5.60. The lowest BCUT2D eigenvalue weighted by Gasteiger charge is -2.31. The smallest absolute Gasteiger partial charge is 0.416 e. The molecule has 1 unspecified atom stereocenters. The van der Waals surface area contributed by atoms with E-state index in [1.807, 2.05) is 4.90 Å². The van der Waals surface area contributed by atoms with Gasteiger partial charge in [0.05, 0.1) is 30.2 Å². The first-order chi connectivity index (χ1) is 16.1. The number of fused-ring (bicyclic) bond motifs is 1. The first-order valence-corrected chi connectivity index (χ1v) is 10.7. The third-order valence-electron chi connectivity index (χ3n) is 5.54. The molecule has 0 saturated carbocycles. The third-order valence-corrected chi connectivity index (χ3v) is 5.54. The zero-order valence-electron chi connectivity index (χ0n) is 18.6. The van der Waals surface area contributed by atoms with Gasteiger partial charge in [0.15, 0.2) is 6.10 Å². The second kappa shape index (κ2) is 9.38. The van der Waals surface area contributed by atoms with E-state index in [-0.39, 0.29) is 11.4 Å². The zero-order valence-corrected chi connectivity index (χ0v) is 18.6. The maximum absolute atomic E-state index is 13.3. The molecule has 0 spiro atoms. The Morgan fingerprint density at radius 3 is 2.56 bits per heavy atom. The van der Waals surface area contributed by atoms with E-state index in [0.29, 0.717) is 37.6 Å². The van der Waals surface area contributed by atoms with E-state index in [9.17, 15) is 22.8 Å². The minimum absolute atomic E-state index is 0.0392. The van der Waals surface area contributed by atoms with Gasteiger partial charge in [-0.2, -0.15) is 13.2 Å². The number of benzene rings is 2. The predicted molar refractivity (Wildman–Crippen MR) is 120 cm³/mol. The Hall–Kier alpha value is -3.53. The number of carbonyl (C=O) groups is 1. The summed E-state index contributed by atoms with van der Waals surface area (Å²) in [5.41, 5.74) is 0.185. The average Bonchev–Trinajstić information content (AvgIpc) is 2.78. The van der Waals surface area contributed by atoms with Crippen LogP contribution in [0, 0.1) is 6.92 Å². The number of carbonyl (C=O) groups excluding carboxylic acids is 1. The van der Waals surface area contributed by atoms with Gasteiger partial charge in [-0.15, -0.1) is 0 Å². The Labute approximate surface area is 193 Å². The van der Waals surface area contributed by atoms with Crippen molar-refractivity contribution in [3.8, 4) is 5.75 Å². The summed E-state index contributed by atoms with van der Waals surface area (Å²) >= 11 is 0. The summed E-state index contributed by atoms with van der Waals surface area (Å²) in [5, 5.41) is 3.30. The number of hydrogen-bond donors (Lipinski definition) is 1. The second-order valence-electron chi connectivity index (χ2n) is 7.98. The monoisotopic (exact) mass is 476 g/mol. The van der Waals surface area contributed by atoms with Gasteiger partial charge in [0.2, 0.25) is 0 Å². The van der Waals surface area contributed by atoms with Crippen LogP contribution >= 0.6 is 0 Å². The van der Waals surface area contributed by atoms with E-state index in [1.165, 1.54) is 25.1 Å². The van der Waals surface area contributed by atoms with Gasteiger partial charge in [0.1, 0.15) is 11.3 Å². The number of nitrogens with one attached hydrogen (secondary N) is 1. The van der Waals surface area contributed by atoms with E-state index in [0.717, 1.165) is 23.1 Å². The van der Waals surface area contributed by atoms with E-state index < -0.39 is 29.4 Å². The molecule has 2 heterocycles. The molecule has 0 aliphatic carbocycles. The van der Waals surface area contributed by atoms with Crippen molar-refractivity contribution in [3.63, 3.8) is 0 Å². The van der Waals surface area contributed by atoms with E-state index in [2.05, 4.69) is 5.32 Å². The van der Waals surface area contributed by atoms with Crippen molar-refractivity contribution >= 4 is 28.3 Å². The first-order valence-electron chi connectivity index (χ1n) is 10.7. The number of halogens is 3.